The third kappa shape index (κ3) is 2.64. The molecule has 1 aromatic carbocycles. The highest BCUT2D eigenvalue weighted by Gasteiger charge is 2.11. The van der Waals surface area contributed by atoms with Gasteiger partial charge in [0.25, 0.3) is 5.91 Å². The predicted molar refractivity (Wildman–Crippen MR) is 89.9 cm³/mol. The molecule has 6 heteroatoms. The number of fused-ring (bicyclic) bond motifs is 1. The Labute approximate surface area is 136 Å². The van der Waals surface area contributed by atoms with E-state index in [-0.39, 0.29) is 11.7 Å². The SMILES string of the molecule is Cc1cn2cc(-c3cccc(NC(=O)c4ccco4)c3)nc2s1. The number of imidazole rings is 1. The number of amides is 1. The van der Waals surface area contributed by atoms with Crippen LogP contribution in [0.4, 0.5) is 5.69 Å². The molecule has 0 saturated heterocycles. The molecule has 0 aliphatic rings. The molecule has 0 fully saturated rings. The molecule has 23 heavy (non-hydrogen) atoms. The Morgan fingerprint density at radius 1 is 1.26 bits per heavy atom. The lowest BCUT2D eigenvalue weighted by Gasteiger charge is -2.04. The Bertz CT molecular complexity index is 951. The van der Waals surface area contributed by atoms with E-state index in [2.05, 4.69) is 23.4 Å². The highest BCUT2D eigenvalue weighted by Crippen LogP contribution is 2.25. The molecule has 3 heterocycles. The number of benzene rings is 1. The van der Waals surface area contributed by atoms with E-state index in [0.29, 0.717) is 5.69 Å². The second-order valence-electron chi connectivity index (χ2n) is 5.17. The van der Waals surface area contributed by atoms with Gasteiger partial charge in [-0.15, -0.1) is 11.3 Å². The molecule has 0 atom stereocenters. The van der Waals surface area contributed by atoms with E-state index in [1.165, 1.54) is 11.1 Å². The molecule has 4 rings (SSSR count). The minimum absolute atomic E-state index is 0.270. The Morgan fingerprint density at radius 3 is 2.96 bits per heavy atom. The summed E-state index contributed by atoms with van der Waals surface area (Å²) in [6.07, 6.45) is 5.52. The summed E-state index contributed by atoms with van der Waals surface area (Å²) in [7, 11) is 0. The first kappa shape index (κ1) is 13.8. The molecule has 5 nitrogen and oxygen atoms in total. The topological polar surface area (TPSA) is 59.5 Å². The fraction of sp³-hybridized carbons (Fsp3) is 0.0588. The van der Waals surface area contributed by atoms with Gasteiger partial charge in [0.15, 0.2) is 10.7 Å². The highest BCUT2D eigenvalue weighted by atomic mass is 32.1. The van der Waals surface area contributed by atoms with Gasteiger partial charge >= 0.3 is 0 Å². The minimum Gasteiger partial charge on any atom is -0.459 e. The van der Waals surface area contributed by atoms with Crippen molar-refractivity contribution in [1.82, 2.24) is 9.38 Å². The average Bonchev–Trinajstić information content (AvgIpc) is 3.22. The lowest BCUT2D eigenvalue weighted by atomic mass is 10.1. The van der Waals surface area contributed by atoms with E-state index < -0.39 is 0 Å². The molecule has 0 saturated carbocycles. The van der Waals surface area contributed by atoms with Gasteiger partial charge in [0.1, 0.15) is 0 Å². The van der Waals surface area contributed by atoms with E-state index in [1.807, 2.05) is 34.9 Å². The van der Waals surface area contributed by atoms with Crippen molar-refractivity contribution in [2.45, 2.75) is 6.92 Å². The first-order chi connectivity index (χ1) is 11.2. The number of nitrogens with one attached hydrogen (secondary N) is 1. The molecule has 1 N–H and O–H groups in total. The van der Waals surface area contributed by atoms with Gasteiger partial charge in [0.05, 0.1) is 12.0 Å². The van der Waals surface area contributed by atoms with Crippen molar-refractivity contribution in [1.29, 1.82) is 0 Å². The summed E-state index contributed by atoms with van der Waals surface area (Å²) in [5.41, 5.74) is 2.54. The van der Waals surface area contributed by atoms with Crippen LogP contribution in [0.5, 0.6) is 0 Å². The number of hydrogen-bond donors (Lipinski definition) is 1. The van der Waals surface area contributed by atoms with Crippen LogP contribution in [0.1, 0.15) is 15.4 Å². The fourth-order valence-electron chi connectivity index (χ4n) is 2.41. The summed E-state index contributed by atoms with van der Waals surface area (Å²) < 4.78 is 7.11. The molecule has 0 unspecified atom stereocenters. The van der Waals surface area contributed by atoms with Crippen molar-refractivity contribution in [3.05, 3.63) is 65.7 Å². The smallest absolute Gasteiger partial charge is 0.291 e. The number of furan rings is 1. The maximum Gasteiger partial charge on any atom is 0.291 e. The molecule has 114 valence electrons. The predicted octanol–water partition coefficient (Wildman–Crippen LogP) is 4.22. The lowest BCUT2D eigenvalue weighted by Crippen LogP contribution is -2.10. The number of nitrogens with zero attached hydrogens (tertiary/aromatic N) is 2. The van der Waals surface area contributed by atoms with Crippen LogP contribution in [0.15, 0.2) is 59.5 Å². The first-order valence-electron chi connectivity index (χ1n) is 7.09. The number of anilines is 1. The number of rotatable bonds is 3. The van der Waals surface area contributed by atoms with Gasteiger partial charge in [-0.05, 0) is 31.2 Å². The van der Waals surface area contributed by atoms with Crippen molar-refractivity contribution < 1.29 is 9.21 Å². The molecule has 0 aliphatic heterocycles. The van der Waals surface area contributed by atoms with Crippen LogP contribution >= 0.6 is 11.3 Å². The largest absolute Gasteiger partial charge is 0.459 e. The van der Waals surface area contributed by atoms with Gasteiger partial charge in [-0.1, -0.05) is 12.1 Å². The summed E-state index contributed by atoms with van der Waals surface area (Å²) >= 11 is 1.65. The van der Waals surface area contributed by atoms with Crippen molar-refractivity contribution >= 4 is 27.9 Å². The van der Waals surface area contributed by atoms with Gasteiger partial charge in [-0.2, -0.15) is 0 Å². The molecule has 4 aromatic rings. The van der Waals surface area contributed by atoms with Crippen LogP contribution in [0.2, 0.25) is 0 Å². The average molecular weight is 323 g/mol. The number of thiazole rings is 1. The van der Waals surface area contributed by atoms with Crippen LogP contribution in [0.25, 0.3) is 16.2 Å². The van der Waals surface area contributed by atoms with Crippen LogP contribution < -0.4 is 5.32 Å². The summed E-state index contributed by atoms with van der Waals surface area (Å²) in [5.74, 6) is 0.0157. The van der Waals surface area contributed by atoms with E-state index in [0.717, 1.165) is 16.2 Å². The normalized spacial score (nSPS) is 11.0. The molecule has 0 bridgehead atoms. The van der Waals surface area contributed by atoms with Crippen LogP contribution in [-0.2, 0) is 0 Å². The van der Waals surface area contributed by atoms with Gasteiger partial charge in [-0.3, -0.25) is 9.20 Å². The Morgan fingerprint density at radius 2 is 2.17 bits per heavy atom. The minimum atomic E-state index is -0.270. The van der Waals surface area contributed by atoms with E-state index in [4.69, 9.17) is 4.42 Å². The third-order valence-electron chi connectivity index (χ3n) is 3.43. The molecule has 1 amide bonds. The number of hydrogen-bond acceptors (Lipinski definition) is 4. The van der Waals surface area contributed by atoms with Gasteiger partial charge < -0.3 is 9.73 Å². The second-order valence-corrected chi connectivity index (χ2v) is 6.38. The molecule has 0 aliphatic carbocycles. The lowest BCUT2D eigenvalue weighted by molar-refractivity contribution is 0.0996. The van der Waals surface area contributed by atoms with E-state index >= 15 is 0 Å². The van der Waals surface area contributed by atoms with E-state index in [1.54, 1.807) is 23.5 Å². The highest BCUT2D eigenvalue weighted by molar-refractivity contribution is 7.17. The summed E-state index contributed by atoms with van der Waals surface area (Å²) in [5, 5.41) is 2.83. The zero-order valence-electron chi connectivity index (χ0n) is 12.3. The molecule has 0 spiro atoms. The Balaban J connectivity index is 1.62. The van der Waals surface area contributed by atoms with Crippen LogP contribution in [0, 0.1) is 6.92 Å². The molecular formula is C17H13N3O2S. The number of carbonyl (C=O) groups is 1. The molecule has 3 aromatic heterocycles. The summed E-state index contributed by atoms with van der Waals surface area (Å²) in [4.78, 5) is 18.8. The quantitative estimate of drug-likeness (QED) is 0.614. The summed E-state index contributed by atoms with van der Waals surface area (Å²) in [6, 6.07) is 10.9. The maximum atomic E-state index is 12.0. The molecule has 0 radical (unpaired) electrons. The van der Waals surface area contributed by atoms with Gasteiger partial charge in [-0.25, -0.2) is 4.98 Å². The maximum absolute atomic E-state index is 12.0. The Hall–Kier alpha value is -2.86. The van der Waals surface area contributed by atoms with Crippen molar-refractivity contribution in [2.24, 2.45) is 0 Å². The van der Waals surface area contributed by atoms with Gasteiger partial charge in [0.2, 0.25) is 0 Å². The Kier molecular flexibility index (Phi) is 3.24. The van der Waals surface area contributed by atoms with Gasteiger partial charge in [0, 0.05) is 28.5 Å². The zero-order chi connectivity index (χ0) is 15.8. The number of aryl methyl sites for hydroxylation is 1. The fourth-order valence-corrected chi connectivity index (χ4v) is 3.22. The zero-order valence-corrected chi connectivity index (χ0v) is 13.1. The summed E-state index contributed by atoms with van der Waals surface area (Å²) in [6.45, 7) is 2.06. The van der Waals surface area contributed by atoms with Crippen molar-refractivity contribution in [3.63, 3.8) is 0 Å². The van der Waals surface area contributed by atoms with E-state index in [9.17, 15) is 4.79 Å². The third-order valence-corrected chi connectivity index (χ3v) is 4.34. The van der Waals surface area contributed by atoms with Crippen LogP contribution in [-0.4, -0.2) is 15.3 Å². The first-order valence-corrected chi connectivity index (χ1v) is 7.91. The second kappa shape index (κ2) is 5.40. The standard InChI is InChI=1S/C17H13N3O2S/c1-11-9-20-10-14(19-17(20)23-11)12-4-2-5-13(8-12)18-16(21)15-6-3-7-22-15/h2-10H,1H3,(H,18,21). The monoisotopic (exact) mass is 323 g/mol. The number of carbonyl (C=O) groups excluding carboxylic acids is 1. The van der Waals surface area contributed by atoms with Crippen molar-refractivity contribution in [2.75, 3.05) is 5.32 Å². The molecular weight excluding hydrogens is 310 g/mol. The van der Waals surface area contributed by atoms with Crippen LogP contribution in [0.3, 0.4) is 0 Å². The number of aromatic nitrogens is 2. The van der Waals surface area contributed by atoms with Crippen molar-refractivity contribution in [3.8, 4) is 11.3 Å².